The first-order valence-electron chi connectivity index (χ1n) is 3.98. The molecular formula is C9H4BrIN2O3. The number of benzene rings is 1. The largest absolute Gasteiger partial charge is 0.293 e. The molecule has 0 spiro atoms. The number of hydrogen-bond donors (Lipinski definition) is 0. The van der Waals surface area contributed by atoms with Crippen LogP contribution in [0.3, 0.4) is 0 Å². The standard InChI is InChI=1S/C9H4BrIN2O3/c10-3-9(14)6-2-8(13(15)16)7(11)1-5(6)4-12/h1-2H,3H2. The lowest BCUT2D eigenvalue weighted by molar-refractivity contribution is -0.385. The fraction of sp³-hybridized carbons (Fsp3) is 0.111. The molecule has 1 rings (SSSR count). The molecule has 1 aromatic rings. The highest BCUT2D eigenvalue weighted by atomic mass is 127. The van der Waals surface area contributed by atoms with Gasteiger partial charge in [-0.15, -0.1) is 0 Å². The molecule has 0 saturated carbocycles. The molecule has 16 heavy (non-hydrogen) atoms. The number of nitro groups is 1. The zero-order valence-electron chi connectivity index (χ0n) is 7.74. The van der Waals surface area contributed by atoms with Crippen LogP contribution in [-0.4, -0.2) is 16.0 Å². The first kappa shape index (κ1) is 13.1. The van der Waals surface area contributed by atoms with E-state index in [4.69, 9.17) is 5.26 Å². The van der Waals surface area contributed by atoms with Crippen LogP contribution in [0.15, 0.2) is 12.1 Å². The highest BCUT2D eigenvalue weighted by molar-refractivity contribution is 14.1. The minimum atomic E-state index is -0.575. The number of carbonyl (C=O) groups excluding carboxylic acids is 1. The van der Waals surface area contributed by atoms with E-state index in [-0.39, 0.29) is 27.9 Å². The number of ketones is 1. The summed E-state index contributed by atoms with van der Waals surface area (Å²) in [6.07, 6.45) is 0. The molecule has 0 amide bonds. The van der Waals surface area contributed by atoms with Crippen LogP contribution in [0.2, 0.25) is 0 Å². The maximum atomic E-state index is 11.5. The van der Waals surface area contributed by atoms with Crippen molar-refractivity contribution in [1.82, 2.24) is 0 Å². The molecule has 0 heterocycles. The number of rotatable bonds is 3. The van der Waals surface area contributed by atoms with E-state index < -0.39 is 4.92 Å². The molecule has 0 aliphatic carbocycles. The normalized spacial score (nSPS) is 9.56. The van der Waals surface area contributed by atoms with Crippen molar-refractivity contribution in [3.05, 3.63) is 36.9 Å². The van der Waals surface area contributed by atoms with Gasteiger partial charge < -0.3 is 0 Å². The van der Waals surface area contributed by atoms with Crippen molar-refractivity contribution in [2.75, 3.05) is 5.33 Å². The van der Waals surface area contributed by atoms with Crippen molar-refractivity contribution < 1.29 is 9.72 Å². The van der Waals surface area contributed by atoms with Gasteiger partial charge >= 0.3 is 0 Å². The smallest absolute Gasteiger partial charge is 0.283 e. The molecule has 0 unspecified atom stereocenters. The molecule has 0 N–H and O–H groups in total. The van der Waals surface area contributed by atoms with Crippen LogP contribution in [-0.2, 0) is 0 Å². The molecule has 0 fully saturated rings. The quantitative estimate of drug-likeness (QED) is 0.259. The fourth-order valence-corrected chi connectivity index (χ4v) is 2.06. The molecule has 1 aromatic carbocycles. The Hall–Kier alpha value is -1.01. The Kier molecular flexibility index (Phi) is 4.37. The van der Waals surface area contributed by atoms with Gasteiger partial charge in [0, 0.05) is 11.6 Å². The Labute approximate surface area is 113 Å². The highest BCUT2D eigenvalue weighted by Crippen LogP contribution is 2.25. The number of nitro benzene ring substituents is 1. The number of Topliss-reactive ketones (excluding diaryl/α,β-unsaturated/α-hetero) is 1. The van der Waals surface area contributed by atoms with Crippen LogP contribution in [0.4, 0.5) is 5.69 Å². The van der Waals surface area contributed by atoms with Gasteiger partial charge in [0.05, 0.1) is 25.5 Å². The van der Waals surface area contributed by atoms with Gasteiger partial charge in [-0.1, -0.05) is 15.9 Å². The monoisotopic (exact) mass is 394 g/mol. The second kappa shape index (κ2) is 5.36. The zero-order valence-corrected chi connectivity index (χ0v) is 11.5. The Bertz CT molecular complexity index is 510. The SMILES string of the molecule is N#Cc1cc(I)c([N+](=O)[O-])cc1C(=O)CBr. The van der Waals surface area contributed by atoms with E-state index in [1.54, 1.807) is 22.6 Å². The van der Waals surface area contributed by atoms with Crippen molar-refractivity contribution in [2.24, 2.45) is 0 Å². The number of alkyl halides is 1. The van der Waals surface area contributed by atoms with Gasteiger partial charge in [-0.05, 0) is 28.7 Å². The summed E-state index contributed by atoms with van der Waals surface area (Å²) in [5, 5.41) is 19.5. The maximum Gasteiger partial charge on any atom is 0.283 e. The second-order valence-corrected chi connectivity index (χ2v) is 4.50. The second-order valence-electron chi connectivity index (χ2n) is 2.77. The van der Waals surface area contributed by atoms with Crippen molar-refractivity contribution in [1.29, 1.82) is 5.26 Å². The van der Waals surface area contributed by atoms with Crippen molar-refractivity contribution in [3.63, 3.8) is 0 Å². The summed E-state index contributed by atoms with van der Waals surface area (Å²) in [6, 6.07) is 4.33. The lowest BCUT2D eigenvalue weighted by Crippen LogP contribution is -2.05. The molecule has 5 nitrogen and oxygen atoms in total. The van der Waals surface area contributed by atoms with Crippen LogP contribution in [0.25, 0.3) is 0 Å². The van der Waals surface area contributed by atoms with Gasteiger partial charge in [0.15, 0.2) is 5.78 Å². The van der Waals surface area contributed by atoms with Gasteiger partial charge in [0.25, 0.3) is 5.69 Å². The number of nitriles is 1. The summed E-state index contributed by atoms with van der Waals surface area (Å²) in [5.41, 5.74) is 0.0647. The minimum Gasteiger partial charge on any atom is -0.293 e. The van der Waals surface area contributed by atoms with E-state index in [1.807, 2.05) is 6.07 Å². The minimum absolute atomic E-state index is 0.0272. The summed E-state index contributed by atoms with van der Waals surface area (Å²) >= 11 is 4.73. The third-order valence-electron chi connectivity index (χ3n) is 1.83. The summed E-state index contributed by atoms with van der Waals surface area (Å²) < 4.78 is 0.338. The first-order valence-corrected chi connectivity index (χ1v) is 6.18. The van der Waals surface area contributed by atoms with Crippen LogP contribution in [0, 0.1) is 25.0 Å². The topological polar surface area (TPSA) is 84.0 Å². The fourth-order valence-electron chi connectivity index (χ4n) is 1.10. The van der Waals surface area contributed by atoms with Crippen LogP contribution in [0.5, 0.6) is 0 Å². The zero-order chi connectivity index (χ0) is 12.3. The molecule has 0 aliphatic heterocycles. The summed E-state index contributed by atoms with van der Waals surface area (Å²) in [4.78, 5) is 21.6. The predicted molar refractivity (Wildman–Crippen MR) is 68.7 cm³/mol. The van der Waals surface area contributed by atoms with E-state index in [0.29, 0.717) is 3.57 Å². The molecule has 82 valence electrons. The van der Waals surface area contributed by atoms with E-state index in [2.05, 4.69) is 15.9 Å². The summed E-state index contributed by atoms with van der Waals surface area (Å²) in [7, 11) is 0. The van der Waals surface area contributed by atoms with Gasteiger partial charge in [0.2, 0.25) is 0 Å². The van der Waals surface area contributed by atoms with Crippen molar-refractivity contribution in [3.8, 4) is 6.07 Å². The Balaban J connectivity index is 3.48. The Morgan fingerprint density at radius 1 is 1.62 bits per heavy atom. The van der Waals surface area contributed by atoms with Crippen molar-refractivity contribution in [2.45, 2.75) is 0 Å². The number of nitrogens with zero attached hydrogens (tertiary/aromatic N) is 2. The highest BCUT2D eigenvalue weighted by Gasteiger charge is 2.19. The Morgan fingerprint density at radius 2 is 2.25 bits per heavy atom. The third-order valence-corrected chi connectivity index (χ3v) is 3.20. The van der Waals surface area contributed by atoms with Crippen LogP contribution < -0.4 is 0 Å². The maximum absolute atomic E-state index is 11.5. The van der Waals surface area contributed by atoms with E-state index in [1.165, 1.54) is 6.07 Å². The first-order chi connectivity index (χ1) is 7.51. The number of halogens is 2. The van der Waals surface area contributed by atoms with E-state index in [9.17, 15) is 14.9 Å². The molecule has 0 saturated heterocycles. The van der Waals surface area contributed by atoms with Gasteiger partial charge in [-0.3, -0.25) is 14.9 Å². The van der Waals surface area contributed by atoms with Crippen LogP contribution >= 0.6 is 38.5 Å². The van der Waals surface area contributed by atoms with Crippen LogP contribution in [0.1, 0.15) is 15.9 Å². The average molecular weight is 395 g/mol. The van der Waals surface area contributed by atoms with Gasteiger partial charge in [-0.2, -0.15) is 5.26 Å². The number of carbonyl (C=O) groups is 1. The predicted octanol–water partition coefficient (Wildman–Crippen LogP) is 2.65. The molecule has 0 bridgehead atoms. The Morgan fingerprint density at radius 3 is 2.69 bits per heavy atom. The van der Waals surface area contributed by atoms with E-state index in [0.717, 1.165) is 6.07 Å². The third kappa shape index (κ3) is 2.56. The molecule has 0 aromatic heterocycles. The molecular weight excluding hydrogens is 391 g/mol. The number of hydrogen-bond acceptors (Lipinski definition) is 4. The van der Waals surface area contributed by atoms with Crippen molar-refractivity contribution >= 4 is 50.0 Å². The van der Waals surface area contributed by atoms with Gasteiger partial charge in [0.1, 0.15) is 0 Å². The lowest BCUT2D eigenvalue weighted by Gasteiger charge is -2.02. The van der Waals surface area contributed by atoms with Gasteiger partial charge in [-0.25, -0.2) is 0 Å². The molecule has 0 radical (unpaired) electrons. The van der Waals surface area contributed by atoms with E-state index >= 15 is 0 Å². The summed E-state index contributed by atoms with van der Waals surface area (Å²) in [6.45, 7) is 0. The molecule has 0 aliphatic rings. The average Bonchev–Trinajstić information content (AvgIpc) is 2.27. The molecule has 7 heteroatoms. The lowest BCUT2D eigenvalue weighted by atomic mass is 10.0. The summed E-state index contributed by atoms with van der Waals surface area (Å²) in [5.74, 6) is -0.351. The molecule has 0 atom stereocenters.